The molecule has 160 valence electrons. The van der Waals surface area contributed by atoms with Crippen molar-refractivity contribution in [2.75, 3.05) is 56.2 Å². The van der Waals surface area contributed by atoms with Crippen LogP contribution in [-0.4, -0.2) is 67.4 Å². The van der Waals surface area contributed by atoms with Crippen molar-refractivity contribution in [3.05, 3.63) is 40.9 Å². The number of hydrogen-bond acceptors (Lipinski definition) is 6. The summed E-state index contributed by atoms with van der Waals surface area (Å²) in [7, 11) is 1.56. The highest BCUT2D eigenvalue weighted by Gasteiger charge is 2.25. The quantitative estimate of drug-likeness (QED) is 0.742. The molecule has 1 amide bonds. The Hall–Kier alpha value is -2.54. The molecule has 3 heterocycles. The van der Waals surface area contributed by atoms with Crippen LogP contribution in [0.1, 0.15) is 30.1 Å². The number of benzene rings is 1. The molecule has 0 unspecified atom stereocenters. The number of hydrogen-bond donors (Lipinski definition) is 0. The summed E-state index contributed by atoms with van der Waals surface area (Å²) in [6, 6.07) is 9.22. The van der Waals surface area contributed by atoms with Gasteiger partial charge in [-0.05, 0) is 49.1 Å². The van der Waals surface area contributed by atoms with Crippen molar-refractivity contribution < 1.29 is 9.53 Å². The summed E-state index contributed by atoms with van der Waals surface area (Å²) in [5.74, 6) is 3.08. The summed E-state index contributed by atoms with van der Waals surface area (Å²) < 4.78 is 5.33. The largest absolute Gasteiger partial charge is 0.496 e. The van der Waals surface area contributed by atoms with Crippen molar-refractivity contribution in [3.63, 3.8) is 0 Å². The molecule has 1 aromatic heterocycles. The van der Waals surface area contributed by atoms with Gasteiger partial charge >= 0.3 is 0 Å². The monoisotopic (exact) mass is 429 g/mol. The SMILES string of the molecule is COc1ccc(Cl)cc1C(=O)N1CCN(c2ccc(N3CCC(C)CC3)nn2)CC1. The fraction of sp³-hybridized carbons (Fsp3) is 0.500. The molecule has 2 aliphatic heterocycles. The lowest BCUT2D eigenvalue weighted by molar-refractivity contribution is 0.0743. The molecule has 2 aromatic rings. The number of amides is 1. The van der Waals surface area contributed by atoms with Gasteiger partial charge in [0, 0.05) is 44.3 Å². The normalized spacial score (nSPS) is 17.9. The van der Waals surface area contributed by atoms with Crippen LogP contribution in [0.15, 0.2) is 30.3 Å². The number of halogens is 1. The van der Waals surface area contributed by atoms with Gasteiger partial charge < -0.3 is 19.4 Å². The topological polar surface area (TPSA) is 61.8 Å². The van der Waals surface area contributed by atoms with Gasteiger partial charge in [0.2, 0.25) is 0 Å². The van der Waals surface area contributed by atoms with Crippen molar-refractivity contribution in [2.45, 2.75) is 19.8 Å². The van der Waals surface area contributed by atoms with Crippen LogP contribution in [0.2, 0.25) is 5.02 Å². The van der Waals surface area contributed by atoms with Crippen molar-refractivity contribution in [2.24, 2.45) is 5.92 Å². The Balaban J connectivity index is 1.36. The molecule has 2 aliphatic rings. The minimum atomic E-state index is -0.0604. The Morgan fingerprint density at radius 3 is 2.13 bits per heavy atom. The first-order chi connectivity index (χ1) is 14.5. The lowest BCUT2D eigenvalue weighted by Crippen LogP contribution is -2.49. The Morgan fingerprint density at radius 2 is 1.57 bits per heavy atom. The molecule has 0 atom stereocenters. The standard InChI is InChI=1S/C22H28ClN5O2/c1-16-7-9-26(10-8-16)20-5-6-21(25-24-20)27-11-13-28(14-12-27)22(29)18-15-17(23)3-4-19(18)30-2/h3-6,15-16H,7-14H2,1-2H3. The first-order valence-corrected chi connectivity index (χ1v) is 10.9. The second-order valence-electron chi connectivity index (χ2n) is 8.04. The molecule has 0 bridgehead atoms. The highest BCUT2D eigenvalue weighted by atomic mass is 35.5. The third kappa shape index (κ3) is 4.46. The average molecular weight is 430 g/mol. The number of ether oxygens (including phenoxy) is 1. The predicted molar refractivity (Wildman–Crippen MR) is 119 cm³/mol. The van der Waals surface area contributed by atoms with Crippen molar-refractivity contribution in [3.8, 4) is 5.75 Å². The van der Waals surface area contributed by atoms with E-state index in [-0.39, 0.29) is 5.91 Å². The zero-order valence-electron chi connectivity index (χ0n) is 17.6. The van der Waals surface area contributed by atoms with E-state index >= 15 is 0 Å². The number of piperazine rings is 1. The van der Waals surface area contributed by atoms with Crippen LogP contribution < -0.4 is 14.5 Å². The molecule has 1 aromatic carbocycles. The van der Waals surface area contributed by atoms with E-state index in [0.29, 0.717) is 42.5 Å². The zero-order chi connectivity index (χ0) is 21.1. The Morgan fingerprint density at radius 1 is 0.967 bits per heavy atom. The first-order valence-electron chi connectivity index (χ1n) is 10.5. The summed E-state index contributed by atoms with van der Waals surface area (Å²) in [6.45, 7) is 7.04. The van der Waals surface area contributed by atoms with E-state index in [9.17, 15) is 4.79 Å². The molecule has 4 rings (SSSR count). The van der Waals surface area contributed by atoms with Crippen LogP contribution in [0, 0.1) is 5.92 Å². The van der Waals surface area contributed by atoms with Gasteiger partial charge in [-0.1, -0.05) is 18.5 Å². The van der Waals surface area contributed by atoms with Gasteiger partial charge in [-0.3, -0.25) is 4.79 Å². The van der Waals surface area contributed by atoms with Crippen LogP contribution in [-0.2, 0) is 0 Å². The lowest BCUT2D eigenvalue weighted by atomic mass is 9.99. The molecule has 2 saturated heterocycles. The number of piperidine rings is 1. The van der Waals surface area contributed by atoms with Crippen LogP contribution in [0.25, 0.3) is 0 Å². The molecule has 0 aliphatic carbocycles. The van der Waals surface area contributed by atoms with Crippen molar-refractivity contribution in [1.82, 2.24) is 15.1 Å². The predicted octanol–water partition coefficient (Wildman–Crippen LogP) is 3.34. The van der Waals surface area contributed by atoms with Gasteiger partial charge in [0.05, 0.1) is 12.7 Å². The lowest BCUT2D eigenvalue weighted by Gasteiger charge is -2.35. The summed E-state index contributed by atoms with van der Waals surface area (Å²) in [5.41, 5.74) is 0.499. The Kier molecular flexibility index (Phi) is 6.27. The zero-order valence-corrected chi connectivity index (χ0v) is 18.3. The van der Waals surface area contributed by atoms with E-state index in [0.717, 1.165) is 30.6 Å². The first kappa shape index (κ1) is 20.7. The van der Waals surface area contributed by atoms with E-state index in [1.807, 2.05) is 11.0 Å². The van der Waals surface area contributed by atoms with E-state index in [2.05, 4.69) is 33.0 Å². The number of aromatic nitrogens is 2. The second-order valence-corrected chi connectivity index (χ2v) is 8.48. The number of nitrogens with zero attached hydrogens (tertiary/aromatic N) is 5. The van der Waals surface area contributed by atoms with Crippen LogP contribution in [0.5, 0.6) is 5.75 Å². The molecule has 2 fully saturated rings. The minimum absolute atomic E-state index is 0.0604. The summed E-state index contributed by atoms with van der Waals surface area (Å²) >= 11 is 6.08. The van der Waals surface area contributed by atoms with Gasteiger partial charge in [-0.2, -0.15) is 0 Å². The molecule has 8 heteroatoms. The summed E-state index contributed by atoms with van der Waals surface area (Å²) in [5, 5.41) is 9.44. The minimum Gasteiger partial charge on any atom is -0.496 e. The van der Waals surface area contributed by atoms with Gasteiger partial charge in [0.15, 0.2) is 11.6 Å². The second kappa shape index (κ2) is 9.08. The summed E-state index contributed by atoms with van der Waals surface area (Å²) in [4.78, 5) is 19.3. The maximum Gasteiger partial charge on any atom is 0.257 e. The van der Waals surface area contributed by atoms with Crippen molar-refractivity contribution in [1.29, 1.82) is 0 Å². The molecule has 0 saturated carbocycles. The highest BCUT2D eigenvalue weighted by Crippen LogP contribution is 2.26. The molecule has 0 radical (unpaired) electrons. The molecule has 0 spiro atoms. The average Bonchev–Trinajstić information content (AvgIpc) is 2.79. The fourth-order valence-electron chi connectivity index (χ4n) is 4.05. The van der Waals surface area contributed by atoms with Crippen LogP contribution >= 0.6 is 11.6 Å². The Labute approximate surface area is 182 Å². The Bertz CT molecular complexity index is 876. The van der Waals surface area contributed by atoms with E-state index in [1.54, 1.807) is 25.3 Å². The van der Waals surface area contributed by atoms with Gasteiger partial charge in [-0.15, -0.1) is 10.2 Å². The van der Waals surface area contributed by atoms with Crippen molar-refractivity contribution >= 4 is 29.1 Å². The molecular formula is C22H28ClN5O2. The van der Waals surface area contributed by atoms with Gasteiger partial charge in [0.1, 0.15) is 5.75 Å². The fourth-order valence-corrected chi connectivity index (χ4v) is 4.22. The van der Waals surface area contributed by atoms with E-state index < -0.39 is 0 Å². The molecular weight excluding hydrogens is 402 g/mol. The molecule has 7 nitrogen and oxygen atoms in total. The van der Waals surface area contributed by atoms with E-state index in [1.165, 1.54) is 12.8 Å². The third-order valence-electron chi connectivity index (χ3n) is 6.03. The maximum absolute atomic E-state index is 13.0. The highest BCUT2D eigenvalue weighted by molar-refractivity contribution is 6.31. The molecule has 30 heavy (non-hydrogen) atoms. The number of methoxy groups -OCH3 is 1. The molecule has 0 N–H and O–H groups in total. The van der Waals surface area contributed by atoms with E-state index in [4.69, 9.17) is 16.3 Å². The van der Waals surface area contributed by atoms with Gasteiger partial charge in [-0.25, -0.2) is 0 Å². The number of carbonyl (C=O) groups excluding carboxylic acids is 1. The maximum atomic E-state index is 13.0. The smallest absolute Gasteiger partial charge is 0.257 e. The number of carbonyl (C=O) groups is 1. The third-order valence-corrected chi connectivity index (χ3v) is 6.26. The summed E-state index contributed by atoms with van der Waals surface area (Å²) in [6.07, 6.45) is 2.41. The van der Waals surface area contributed by atoms with Gasteiger partial charge in [0.25, 0.3) is 5.91 Å². The number of anilines is 2. The number of rotatable bonds is 4. The van der Waals surface area contributed by atoms with Crippen LogP contribution in [0.4, 0.5) is 11.6 Å². The van der Waals surface area contributed by atoms with Crippen LogP contribution in [0.3, 0.4) is 0 Å².